The van der Waals surface area contributed by atoms with Gasteiger partial charge in [0.1, 0.15) is 12.4 Å². The third-order valence-electron chi connectivity index (χ3n) is 4.44. The maximum absolute atomic E-state index is 12.6. The molecule has 1 atom stereocenters. The number of nitriles is 1. The second-order valence-corrected chi connectivity index (χ2v) is 6.17. The number of benzene rings is 2. The fourth-order valence-electron chi connectivity index (χ4n) is 2.98. The Morgan fingerprint density at radius 2 is 2.12 bits per heavy atom. The van der Waals surface area contributed by atoms with E-state index in [1.807, 2.05) is 18.2 Å². The second kappa shape index (κ2) is 7.82. The van der Waals surface area contributed by atoms with Gasteiger partial charge in [0, 0.05) is 36.7 Å². The minimum absolute atomic E-state index is 0.0428. The molecule has 1 heterocycles. The van der Waals surface area contributed by atoms with Crippen LogP contribution in [0.3, 0.4) is 0 Å². The van der Waals surface area contributed by atoms with Gasteiger partial charge in [-0.05, 0) is 30.7 Å². The highest BCUT2D eigenvalue weighted by Crippen LogP contribution is 2.21. The molecule has 5 nitrogen and oxygen atoms in total. The summed E-state index contributed by atoms with van der Waals surface area (Å²) in [6, 6.07) is 16.5. The molecule has 0 saturated carbocycles. The Bertz CT molecular complexity index is 798. The maximum Gasteiger partial charge on any atom is 0.253 e. The van der Waals surface area contributed by atoms with Crippen molar-refractivity contribution in [1.29, 1.82) is 5.26 Å². The third-order valence-corrected chi connectivity index (χ3v) is 4.44. The minimum atomic E-state index is -0.0428. The normalized spacial score (nSPS) is 16.5. The molecule has 0 aliphatic carbocycles. The molecular weight excluding hydrogens is 316 g/mol. The number of hydrogen-bond acceptors (Lipinski definition) is 4. The molecule has 1 N–H and O–H groups in total. The fourth-order valence-corrected chi connectivity index (χ4v) is 2.98. The second-order valence-electron chi connectivity index (χ2n) is 6.17. The number of ether oxygens (including phenoxy) is 1. The first-order valence-corrected chi connectivity index (χ1v) is 8.32. The molecule has 0 radical (unpaired) electrons. The zero-order chi connectivity index (χ0) is 17.6. The first kappa shape index (κ1) is 17.0. The molecule has 0 aromatic heterocycles. The van der Waals surface area contributed by atoms with Gasteiger partial charge in [0.05, 0.1) is 11.6 Å². The topological polar surface area (TPSA) is 73.6 Å². The van der Waals surface area contributed by atoms with Crippen LogP contribution in [0.15, 0.2) is 48.5 Å². The first-order valence-electron chi connectivity index (χ1n) is 8.32. The number of aliphatic hydroxyl groups excluding tert-OH is 1. The molecule has 1 fully saturated rings. The summed E-state index contributed by atoms with van der Waals surface area (Å²) < 4.78 is 5.77. The molecular formula is C20H20N2O3. The number of likely N-dealkylation sites (tertiary alicyclic amines) is 1. The molecule has 1 amide bonds. The zero-order valence-corrected chi connectivity index (χ0v) is 13.9. The van der Waals surface area contributed by atoms with Crippen molar-refractivity contribution >= 4 is 5.91 Å². The summed E-state index contributed by atoms with van der Waals surface area (Å²) in [4.78, 5) is 14.3. The highest BCUT2D eigenvalue weighted by Gasteiger charge is 2.26. The lowest BCUT2D eigenvalue weighted by Crippen LogP contribution is -2.29. The van der Waals surface area contributed by atoms with Crippen molar-refractivity contribution in [2.45, 2.75) is 13.0 Å². The molecule has 2 aromatic rings. The Morgan fingerprint density at radius 1 is 1.28 bits per heavy atom. The average Bonchev–Trinajstić information content (AvgIpc) is 3.15. The molecule has 25 heavy (non-hydrogen) atoms. The van der Waals surface area contributed by atoms with E-state index in [1.165, 1.54) is 0 Å². The van der Waals surface area contributed by atoms with Crippen molar-refractivity contribution in [2.24, 2.45) is 5.92 Å². The number of hydrogen-bond donors (Lipinski definition) is 1. The molecule has 128 valence electrons. The van der Waals surface area contributed by atoms with Crippen LogP contribution >= 0.6 is 0 Å². The number of nitrogens with zero attached hydrogens (tertiary/aromatic N) is 2. The quantitative estimate of drug-likeness (QED) is 0.911. The van der Waals surface area contributed by atoms with Crippen molar-refractivity contribution < 1.29 is 14.6 Å². The first-order chi connectivity index (χ1) is 12.2. The van der Waals surface area contributed by atoms with E-state index in [4.69, 9.17) is 10.00 Å². The van der Waals surface area contributed by atoms with Crippen molar-refractivity contribution in [3.05, 3.63) is 65.2 Å². The Balaban J connectivity index is 1.67. The van der Waals surface area contributed by atoms with Crippen molar-refractivity contribution in [3.63, 3.8) is 0 Å². The summed E-state index contributed by atoms with van der Waals surface area (Å²) >= 11 is 0. The largest absolute Gasteiger partial charge is 0.489 e. The average molecular weight is 336 g/mol. The van der Waals surface area contributed by atoms with Gasteiger partial charge in [-0.2, -0.15) is 5.26 Å². The Morgan fingerprint density at radius 3 is 2.88 bits per heavy atom. The minimum Gasteiger partial charge on any atom is -0.489 e. The molecule has 0 spiro atoms. The van der Waals surface area contributed by atoms with Crippen molar-refractivity contribution in [1.82, 2.24) is 4.90 Å². The Labute approximate surface area is 147 Å². The SMILES string of the molecule is N#Cc1ccccc1COc1cccc(C(=O)N2CC[C@H](CO)C2)c1. The van der Waals surface area contributed by atoms with Crippen molar-refractivity contribution in [3.8, 4) is 11.8 Å². The van der Waals surface area contributed by atoms with Gasteiger partial charge in [-0.3, -0.25) is 4.79 Å². The Hall–Kier alpha value is -2.84. The van der Waals surface area contributed by atoms with Gasteiger partial charge in [-0.15, -0.1) is 0 Å². The molecule has 5 heteroatoms. The van der Waals surface area contributed by atoms with E-state index >= 15 is 0 Å². The van der Waals surface area contributed by atoms with E-state index in [1.54, 1.807) is 35.2 Å². The lowest BCUT2D eigenvalue weighted by atomic mass is 10.1. The molecule has 0 bridgehead atoms. The van der Waals surface area contributed by atoms with E-state index < -0.39 is 0 Å². The number of aliphatic hydroxyl groups is 1. The van der Waals surface area contributed by atoms with Crippen LogP contribution in [-0.2, 0) is 6.61 Å². The number of amides is 1. The van der Waals surface area contributed by atoms with Crippen LogP contribution in [-0.4, -0.2) is 35.6 Å². The van der Waals surface area contributed by atoms with Gasteiger partial charge in [-0.1, -0.05) is 24.3 Å². The van der Waals surface area contributed by atoms with Crippen LogP contribution in [0.4, 0.5) is 0 Å². The maximum atomic E-state index is 12.6. The zero-order valence-electron chi connectivity index (χ0n) is 13.9. The van der Waals surface area contributed by atoms with Gasteiger partial charge < -0.3 is 14.7 Å². The lowest BCUT2D eigenvalue weighted by molar-refractivity contribution is 0.0781. The number of rotatable bonds is 5. The van der Waals surface area contributed by atoms with Crippen LogP contribution in [0.5, 0.6) is 5.75 Å². The lowest BCUT2D eigenvalue weighted by Gasteiger charge is -2.17. The van der Waals surface area contributed by atoms with Crippen molar-refractivity contribution in [2.75, 3.05) is 19.7 Å². The van der Waals surface area contributed by atoms with Crippen LogP contribution in [0.1, 0.15) is 27.9 Å². The summed E-state index contributed by atoms with van der Waals surface area (Å²) in [5.41, 5.74) is 1.97. The Kier molecular flexibility index (Phi) is 5.32. The van der Waals surface area contributed by atoms with E-state index in [-0.39, 0.29) is 25.0 Å². The van der Waals surface area contributed by atoms with Gasteiger partial charge in [0.15, 0.2) is 0 Å². The molecule has 1 aliphatic rings. The molecule has 2 aromatic carbocycles. The van der Waals surface area contributed by atoms with E-state index in [0.29, 0.717) is 30.0 Å². The van der Waals surface area contributed by atoms with Crippen LogP contribution in [0.25, 0.3) is 0 Å². The highest BCUT2D eigenvalue weighted by atomic mass is 16.5. The monoisotopic (exact) mass is 336 g/mol. The van der Waals surface area contributed by atoms with Crippen LogP contribution in [0, 0.1) is 17.2 Å². The summed E-state index contributed by atoms with van der Waals surface area (Å²) in [6.45, 7) is 1.66. The molecule has 0 unspecified atom stereocenters. The number of carbonyl (C=O) groups excluding carboxylic acids is 1. The predicted octanol–water partition coefficient (Wildman–Crippen LogP) is 2.59. The van der Waals surface area contributed by atoms with Gasteiger partial charge in [0.2, 0.25) is 0 Å². The third kappa shape index (κ3) is 3.98. The molecule has 1 aliphatic heterocycles. The van der Waals surface area contributed by atoms with Crippen LogP contribution < -0.4 is 4.74 Å². The highest BCUT2D eigenvalue weighted by molar-refractivity contribution is 5.94. The summed E-state index contributed by atoms with van der Waals surface area (Å²) in [6.07, 6.45) is 0.837. The molecule has 3 rings (SSSR count). The summed E-state index contributed by atoms with van der Waals surface area (Å²) in [5.74, 6) is 0.723. The van der Waals surface area contributed by atoms with E-state index in [9.17, 15) is 9.90 Å². The van der Waals surface area contributed by atoms with E-state index in [2.05, 4.69) is 6.07 Å². The predicted molar refractivity (Wildman–Crippen MR) is 93.0 cm³/mol. The van der Waals surface area contributed by atoms with Gasteiger partial charge in [0.25, 0.3) is 5.91 Å². The van der Waals surface area contributed by atoms with Crippen LogP contribution in [0.2, 0.25) is 0 Å². The van der Waals surface area contributed by atoms with Gasteiger partial charge in [-0.25, -0.2) is 0 Å². The summed E-state index contributed by atoms with van der Waals surface area (Å²) in [5, 5.41) is 18.3. The smallest absolute Gasteiger partial charge is 0.253 e. The molecule has 1 saturated heterocycles. The fraction of sp³-hybridized carbons (Fsp3) is 0.300. The number of carbonyl (C=O) groups is 1. The standard InChI is InChI=1S/C20H20N2O3/c21-11-17-4-1-2-5-18(17)14-25-19-7-3-6-16(10-19)20(24)22-9-8-15(12-22)13-23/h1-7,10,15,23H,8-9,12-14H2/t15-/m0/s1. The van der Waals surface area contributed by atoms with Gasteiger partial charge >= 0.3 is 0 Å². The van der Waals surface area contributed by atoms with E-state index in [0.717, 1.165) is 12.0 Å². The summed E-state index contributed by atoms with van der Waals surface area (Å²) in [7, 11) is 0.